The average molecular weight is 378 g/mol. The van der Waals surface area contributed by atoms with Gasteiger partial charge in [0.25, 0.3) is 0 Å². The van der Waals surface area contributed by atoms with Crippen LogP contribution in [0.2, 0.25) is 0 Å². The summed E-state index contributed by atoms with van der Waals surface area (Å²) in [6.45, 7) is 0. The van der Waals surface area contributed by atoms with Crippen molar-refractivity contribution in [3.63, 3.8) is 0 Å². The van der Waals surface area contributed by atoms with Crippen molar-refractivity contribution in [2.75, 3.05) is 11.2 Å². The first-order chi connectivity index (χ1) is 13.3. The lowest BCUT2D eigenvalue weighted by atomic mass is 10.2. The second-order valence-corrected chi connectivity index (χ2v) is 6.14. The van der Waals surface area contributed by atoms with Gasteiger partial charge in [0.05, 0.1) is 6.21 Å². The molecule has 3 heterocycles. The van der Waals surface area contributed by atoms with E-state index in [2.05, 4.69) is 30.6 Å². The Bertz CT molecular complexity index is 1040. The Labute approximate surface area is 158 Å². The van der Waals surface area contributed by atoms with Crippen LogP contribution >= 0.6 is 11.3 Å². The molecule has 3 aromatic heterocycles. The molecule has 10 heteroatoms. The largest absolute Gasteiger partial charge is 0.439 e. The quantitative estimate of drug-likeness (QED) is 0.391. The second-order valence-electron chi connectivity index (χ2n) is 5.28. The van der Waals surface area contributed by atoms with E-state index in [0.29, 0.717) is 28.4 Å². The Morgan fingerprint density at radius 2 is 2.11 bits per heavy atom. The van der Waals surface area contributed by atoms with E-state index in [9.17, 15) is 0 Å². The third-order valence-electron chi connectivity index (χ3n) is 3.36. The normalized spacial score (nSPS) is 11.0. The van der Waals surface area contributed by atoms with Gasteiger partial charge in [-0.25, -0.2) is 19.6 Å². The van der Waals surface area contributed by atoms with Crippen LogP contribution in [0.5, 0.6) is 11.6 Å². The topological polar surface area (TPSA) is 116 Å². The number of nitrogens with two attached hydrogens (primary N) is 1. The monoisotopic (exact) mass is 378 g/mol. The van der Waals surface area contributed by atoms with Crippen molar-refractivity contribution < 1.29 is 4.74 Å². The molecule has 27 heavy (non-hydrogen) atoms. The van der Waals surface area contributed by atoms with Crippen LogP contribution in [0.4, 0.5) is 10.9 Å². The van der Waals surface area contributed by atoms with E-state index in [0.717, 1.165) is 5.56 Å². The first-order valence-corrected chi connectivity index (χ1v) is 8.74. The fourth-order valence-electron chi connectivity index (χ4n) is 2.16. The van der Waals surface area contributed by atoms with Crippen molar-refractivity contribution in [2.24, 2.45) is 5.10 Å². The van der Waals surface area contributed by atoms with Gasteiger partial charge in [-0.1, -0.05) is 0 Å². The molecule has 4 rings (SSSR count). The van der Waals surface area contributed by atoms with Crippen molar-refractivity contribution in [1.82, 2.24) is 24.7 Å². The Balaban J connectivity index is 1.40. The van der Waals surface area contributed by atoms with Crippen molar-refractivity contribution in [3.8, 4) is 17.4 Å². The van der Waals surface area contributed by atoms with Crippen molar-refractivity contribution in [3.05, 3.63) is 66.1 Å². The number of ether oxygens (including phenoxy) is 1. The fraction of sp³-hybridized carbons (Fsp3) is 0. The molecule has 0 saturated carbocycles. The molecule has 0 atom stereocenters. The lowest BCUT2D eigenvalue weighted by Gasteiger charge is -2.06. The molecule has 134 valence electrons. The zero-order chi connectivity index (χ0) is 18.5. The summed E-state index contributed by atoms with van der Waals surface area (Å²) in [7, 11) is 0. The van der Waals surface area contributed by atoms with Crippen LogP contribution in [0, 0.1) is 0 Å². The van der Waals surface area contributed by atoms with Gasteiger partial charge >= 0.3 is 0 Å². The summed E-state index contributed by atoms with van der Waals surface area (Å²) in [6.07, 6.45) is 6.60. The summed E-state index contributed by atoms with van der Waals surface area (Å²) in [5, 5.41) is 10.6. The van der Waals surface area contributed by atoms with Gasteiger partial charge in [0, 0.05) is 23.8 Å². The molecule has 4 aromatic rings. The highest BCUT2D eigenvalue weighted by atomic mass is 32.1. The molecule has 9 nitrogen and oxygen atoms in total. The Morgan fingerprint density at radius 3 is 2.85 bits per heavy atom. The number of nitrogens with zero attached hydrogens (tertiary/aromatic N) is 6. The van der Waals surface area contributed by atoms with E-state index < -0.39 is 0 Å². The Kier molecular flexibility index (Phi) is 4.70. The number of nitrogen functional groups attached to an aromatic ring is 1. The van der Waals surface area contributed by atoms with E-state index in [1.165, 1.54) is 17.7 Å². The number of hydrogen-bond acceptors (Lipinski definition) is 9. The van der Waals surface area contributed by atoms with Gasteiger partial charge < -0.3 is 10.5 Å². The Hall–Kier alpha value is -3.79. The number of nitrogens with one attached hydrogen (secondary N) is 1. The summed E-state index contributed by atoms with van der Waals surface area (Å²) in [5.74, 6) is 2.18. The smallest absolute Gasteiger partial charge is 0.224 e. The molecule has 0 aliphatic heterocycles. The van der Waals surface area contributed by atoms with Crippen molar-refractivity contribution in [2.45, 2.75) is 0 Å². The van der Waals surface area contributed by atoms with Gasteiger partial charge in [-0.15, -0.1) is 11.3 Å². The average Bonchev–Trinajstić information content (AvgIpc) is 3.36. The molecule has 0 spiro atoms. The van der Waals surface area contributed by atoms with E-state index in [1.54, 1.807) is 34.7 Å². The molecule has 0 bridgehead atoms. The second kappa shape index (κ2) is 7.62. The molecule has 0 amide bonds. The van der Waals surface area contributed by atoms with Crippen molar-refractivity contribution >= 4 is 28.5 Å². The fourth-order valence-corrected chi connectivity index (χ4v) is 2.71. The third-order valence-corrected chi connectivity index (χ3v) is 4.13. The zero-order valence-electron chi connectivity index (χ0n) is 13.9. The number of benzene rings is 1. The summed E-state index contributed by atoms with van der Waals surface area (Å²) in [4.78, 5) is 12.4. The zero-order valence-corrected chi connectivity index (χ0v) is 14.7. The third kappa shape index (κ3) is 4.25. The van der Waals surface area contributed by atoms with E-state index >= 15 is 0 Å². The van der Waals surface area contributed by atoms with Gasteiger partial charge in [-0.3, -0.25) is 5.43 Å². The molecule has 0 radical (unpaired) electrons. The minimum absolute atomic E-state index is 0.431. The van der Waals surface area contributed by atoms with Crippen LogP contribution in [0.25, 0.3) is 5.82 Å². The van der Waals surface area contributed by atoms with Crippen LogP contribution in [-0.4, -0.2) is 30.9 Å². The number of aromatic nitrogens is 5. The molecule has 0 aliphatic rings. The van der Waals surface area contributed by atoms with Gasteiger partial charge in [0.1, 0.15) is 17.9 Å². The summed E-state index contributed by atoms with van der Waals surface area (Å²) >= 11 is 1.39. The first-order valence-electron chi connectivity index (χ1n) is 7.86. The first kappa shape index (κ1) is 16.7. The van der Waals surface area contributed by atoms with Gasteiger partial charge in [0.2, 0.25) is 11.0 Å². The summed E-state index contributed by atoms with van der Waals surface area (Å²) in [5.41, 5.74) is 9.29. The molecular formula is C17H14N8OS. The number of rotatable bonds is 6. The summed E-state index contributed by atoms with van der Waals surface area (Å²) in [6, 6.07) is 11.0. The van der Waals surface area contributed by atoms with Gasteiger partial charge in [-0.05, 0) is 35.9 Å². The maximum absolute atomic E-state index is 5.77. The number of hydrazone groups is 1. The van der Waals surface area contributed by atoms with Crippen LogP contribution in [0.1, 0.15) is 5.56 Å². The highest BCUT2D eigenvalue weighted by molar-refractivity contribution is 7.14. The van der Waals surface area contributed by atoms with Gasteiger partial charge in [0.15, 0.2) is 5.82 Å². The molecule has 0 fully saturated rings. The number of hydrogen-bond donors (Lipinski definition) is 2. The van der Waals surface area contributed by atoms with Crippen LogP contribution in [-0.2, 0) is 0 Å². The summed E-state index contributed by atoms with van der Waals surface area (Å²) < 4.78 is 7.41. The number of thiazole rings is 1. The maximum Gasteiger partial charge on any atom is 0.224 e. The SMILES string of the molecule is Nc1csc(NN=Cc2ccc(Oc3cc(-n4cccn4)ncn3)cc2)n1. The highest BCUT2D eigenvalue weighted by Crippen LogP contribution is 2.20. The van der Waals surface area contributed by atoms with E-state index in [-0.39, 0.29) is 0 Å². The molecular weight excluding hydrogens is 364 g/mol. The molecule has 3 N–H and O–H groups in total. The van der Waals surface area contributed by atoms with Crippen LogP contribution in [0.15, 0.2) is 65.6 Å². The molecule has 0 saturated heterocycles. The lowest BCUT2D eigenvalue weighted by Crippen LogP contribution is -1.99. The minimum Gasteiger partial charge on any atom is -0.439 e. The number of anilines is 2. The minimum atomic E-state index is 0.431. The van der Waals surface area contributed by atoms with E-state index in [4.69, 9.17) is 10.5 Å². The molecule has 1 aromatic carbocycles. The van der Waals surface area contributed by atoms with E-state index in [1.807, 2.05) is 30.3 Å². The molecule has 0 unspecified atom stereocenters. The Morgan fingerprint density at radius 1 is 1.22 bits per heavy atom. The molecule has 0 aliphatic carbocycles. The van der Waals surface area contributed by atoms with Crippen LogP contribution < -0.4 is 15.9 Å². The maximum atomic E-state index is 5.77. The predicted molar refractivity (Wildman–Crippen MR) is 103 cm³/mol. The predicted octanol–water partition coefficient (Wildman–Crippen LogP) is 2.94. The van der Waals surface area contributed by atoms with Crippen molar-refractivity contribution in [1.29, 1.82) is 0 Å². The standard InChI is InChI=1S/C17H14N8OS/c18-14-10-27-17(23-14)24-21-9-12-2-4-13(5-3-12)26-16-8-15(19-11-20-16)25-7-1-6-22-25/h1-11H,18H2,(H,23,24). The van der Waals surface area contributed by atoms with Crippen LogP contribution in [0.3, 0.4) is 0 Å². The van der Waals surface area contributed by atoms with Gasteiger partial charge in [-0.2, -0.15) is 10.2 Å². The lowest BCUT2D eigenvalue weighted by molar-refractivity contribution is 0.460. The highest BCUT2D eigenvalue weighted by Gasteiger charge is 2.04.